The molecule has 0 radical (unpaired) electrons. The van der Waals surface area contributed by atoms with Crippen LogP contribution in [0.25, 0.3) is 10.9 Å². The molecular formula is C16H21N5O2. The monoisotopic (exact) mass is 315 g/mol. The molecule has 0 saturated carbocycles. The third-order valence-corrected chi connectivity index (χ3v) is 4.06. The molecule has 1 aromatic carbocycles. The smallest absolute Gasteiger partial charge is 0.229 e. The molecule has 0 spiro atoms. The van der Waals surface area contributed by atoms with Crippen molar-refractivity contribution in [3.63, 3.8) is 0 Å². The number of anilines is 1. The number of H-pyrrole nitrogens is 1. The van der Waals surface area contributed by atoms with Gasteiger partial charge in [0.25, 0.3) is 0 Å². The maximum absolute atomic E-state index is 12.3. The first-order valence-corrected chi connectivity index (χ1v) is 7.72. The van der Waals surface area contributed by atoms with Crippen molar-refractivity contribution < 1.29 is 9.59 Å². The summed E-state index contributed by atoms with van der Waals surface area (Å²) >= 11 is 0. The van der Waals surface area contributed by atoms with Crippen LogP contribution in [0.1, 0.15) is 6.42 Å². The number of likely N-dealkylation sites (N-methyl/N-ethyl adjacent to an activating group) is 1. The van der Waals surface area contributed by atoms with E-state index in [-0.39, 0.29) is 24.2 Å². The van der Waals surface area contributed by atoms with E-state index in [1.807, 2.05) is 43.3 Å². The average Bonchev–Trinajstić information content (AvgIpc) is 3.10. The van der Waals surface area contributed by atoms with Crippen LogP contribution in [0.5, 0.6) is 0 Å². The van der Waals surface area contributed by atoms with Gasteiger partial charge in [-0.1, -0.05) is 12.1 Å². The number of nitrogens with one attached hydrogen (secondary N) is 2. The molecule has 23 heavy (non-hydrogen) atoms. The summed E-state index contributed by atoms with van der Waals surface area (Å²) < 4.78 is 0. The zero-order valence-electron chi connectivity index (χ0n) is 13.4. The first kappa shape index (κ1) is 15.5. The third-order valence-electron chi connectivity index (χ3n) is 4.06. The van der Waals surface area contributed by atoms with Gasteiger partial charge >= 0.3 is 0 Å². The zero-order chi connectivity index (χ0) is 16.4. The molecule has 1 fully saturated rings. The number of hydrogen-bond acceptors (Lipinski definition) is 4. The zero-order valence-corrected chi connectivity index (χ0v) is 13.4. The number of hydrogen-bond donors (Lipinski definition) is 2. The largest absolute Gasteiger partial charge is 0.355 e. The molecule has 2 amide bonds. The van der Waals surface area contributed by atoms with Gasteiger partial charge in [0.05, 0.1) is 11.4 Å². The number of amides is 2. The van der Waals surface area contributed by atoms with Gasteiger partial charge < -0.3 is 10.2 Å². The van der Waals surface area contributed by atoms with Gasteiger partial charge in [0, 0.05) is 31.4 Å². The second kappa shape index (κ2) is 6.37. The minimum Gasteiger partial charge on any atom is -0.355 e. The van der Waals surface area contributed by atoms with Gasteiger partial charge in [-0.25, -0.2) is 0 Å². The van der Waals surface area contributed by atoms with E-state index < -0.39 is 0 Å². The Hall–Kier alpha value is -2.41. The van der Waals surface area contributed by atoms with E-state index in [0.29, 0.717) is 18.9 Å². The second-order valence-corrected chi connectivity index (χ2v) is 6.09. The fourth-order valence-corrected chi connectivity index (χ4v) is 2.79. The fourth-order valence-electron chi connectivity index (χ4n) is 2.79. The number of aromatic nitrogens is 2. The quantitative estimate of drug-likeness (QED) is 0.846. The predicted octanol–water partition coefficient (Wildman–Crippen LogP) is 0.594. The van der Waals surface area contributed by atoms with Gasteiger partial charge in [0.1, 0.15) is 0 Å². The summed E-state index contributed by atoms with van der Waals surface area (Å²) in [5.74, 6) is 0.159. The molecule has 3 rings (SSSR count). The van der Waals surface area contributed by atoms with Crippen LogP contribution in [0.15, 0.2) is 24.3 Å². The Morgan fingerprint density at radius 2 is 2.22 bits per heavy atom. The van der Waals surface area contributed by atoms with Gasteiger partial charge in [0.2, 0.25) is 11.8 Å². The molecule has 122 valence electrons. The number of fused-ring (bicyclic) bond motifs is 1. The van der Waals surface area contributed by atoms with Crippen molar-refractivity contribution in [1.29, 1.82) is 0 Å². The summed E-state index contributed by atoms with van der Waals surface area (Å²) in [6.45, 7) is 1.74. The molecule has 1 aromatic heterocycles. The first-order chi connectivity index (χ1) is 11.1. The van der Waals surface area contributed by atoms with Crippen molar-refractivity contribution in [3.05, 3.63) is 24.3 Å². The normalized spacial score (nSPS) is 18.1. The highest BCUT2D eigenvalue weighted by atomic mass is 16.2. The minimum atomic E-state index is -0.319. The molecule has 1 aliphatic rings. The number of benzene rings is 1. The second-order valence-electron chi connectivity index (χ2n) is 6.09. The topological polar surface area (TPSA) is 81.3 Å². The highest BCUT2D eigenvalue weighted by Gasteiger charge is 2.36. The van der Waals surface area contributed by atoms with Crippen LogP contribution in [0.4, 0.5) is 5.82 Å². The Labute approximate surface area is 134 Å². The molecule has 2 N–H and O–H groups in total. The summed E-state index contributed by atoms with van der Waals surface area (Å²) in [6.07, 6.45) is 0.231. The highest BCUT2D eigenvalue weighted by molar-refractivity contribution is 6.05. The van der Waals surface area contributed by atoms with Crippen LogP contribution < -0.4 is 10.2 Å². The number of nitrogens with zero attached hydrogens (tertiary/aromatic N) is 3. The molecule has 1 saturated heterocycles. The minimum absolute atomic E-state index is 0.0602. The van der Waals surface area contributed by atoms with Crippen LogP contribution in [0, 0.1) is 5.92 Å². The van der Waals surface area contributed by atoms with E-state index in [2.05, 4.69) is 15.5 Å². The van der Waals surface area contributed by atoms with E-state index in [4.69, 9.17) is 0 Å². The van der Waals surface area contributed by atoms with Crippen molar-refractivity contribution in [2.75, 3.05) is 38.6 Å². The van der Waals surface area contributed by atoms with Crippen LogP contribution in [-0.4, -0.2) is 60.6 Å². The number of carbonyl (C=O) groups is 2. The Morgan fingerprint density at radius 3 is 3.00 bits per heavy atom. The van der Waals surface area contributed by atoms with Gasteiger partial charge in [-0.2, -0.15) is 5.10 Å². The molecule has 1 atom stereocenters. The lowest BCUT2D eigenvalue weighted by Gasteiger charge is -2.15. The predicted molar refractivity (Wildman–Crippen MR) is 88.1 cm³/mol. The highest BCUT2D eigenvalue weighted by Crippen LogP contribution is 2.29. The van der Waals surface area contributed by atoms with Crippen LogP contribution in [0.3, 0.4) is 0 Å². The maximum atomic E-state index is 12.3. The van der Waals surface area contributed by atoms with Gasteiger partial charge in [-0.05, 0) is 26.2 Å². The number of aromatic amines is 1. The van der Waals surface area contributed by atoms with Crippen molar-refractivity contribution in [1.82, 2.24) is 20.4 Å². The van der Waals surface area contributed by atoms with Crippen LogP contribution in [0.2, 0.25) is 0 Å². The third kappa shape index (κ3) is 3.19. The Morgan fingerprint density at radius 1 is 1.43 bits per heavy atom. The summed E-state index contributed by atoms with van der Waals surface area (Å²) in [5, 5.41) is 11.0. The van der Waals surface area contributed by atoms with E-state index in [1.165, 1.54) is 0 Å². The molecular weight excluding hydrogens is 294 g/mol. The standard InChI is InChI=1S/C16H21N5O2/c1-20(2)8-7-17-16(23)11-9-14(22)21(10-11)15-12-5-3-4-6-13(12)18-19-15/h3-6,11H,7-10H2,1-2H3,(H,17,23)(H,18,19)/t11-/m0/s1. The van der Waals surface area contributed by atoms with E-state index in [0.717, 1.165) is 17.4 Å². The van der Waals surface area contributed by atoms with Gasteiger partial charge in [-0.3, -0.25) is 19.6 Å². The SMILES string of the molecule is CN(C)CCNC(=O)[C@H]1CC(=O)N(c2n[nH]c3ccccc23)C1. The lowest BCUT2D eigenvalue weighted by Crippen LogP contribution is -2.36. The Bertz CT molecular complexity index is 724. The lowest BCUT2D eigenvalue weighted by atomic mass is 10.1. The number of para-hydroxylation sites is 1. The summed E-state index contributed by atoms with van der Waals surface area (Å²) in [7, 11) is 3.91. The molecule has 0 aliphatic carbocycles. The summed E-state index contributed by atoms with van der Waals surface area (Å²) in [6, 6.07) is 7.66. The number of rotatable bonds is 5. The molecule has 0 unspecified atom stereocenters. The van der Waals surface area contributed by atoms with Crippen molar-refractivity contribution >= 4 is 28.5 Å². The van der Waals surface area contributed by atoms with Gasteiger partial charge in [-0.15, -0.1) is 0 Å². The molecule has 2 aromatic rings. The van der Waals surface area contributed by atoms with Crippen LogP contribution >= 0.6 is 0 Å². The van der Waals surface area contributed by atoms with E-state index in [1.54, 1.807) is 4.90 Å². The Balaban J connectivity index is 1.69. The number of carbonyl (C=O) groups excluding carboxylic acids is 2. The molecule has 2 heterocycles. The van der Waals surface area contributed by atoms with Crippen molar-refractivity contribution in [2.24, 2.45) is 5.92 Å². The molecule has 0 bridgehead atoms. The van der Waals surface area contributed by atoms with E-state index in [9.17, 15) is 9.59 Å². The molecule has 7 nitrogen and oxygen atoms in total. The Kier molecular flexibility index (Phi) is 4.29. The van der Waals surface area contributed by atoms with Gasteiger partial charge in [0.15, 0.2) is 5.82 Å². The molecule has 1 aliphatic heterocycles. The summed E-state index contributed by atoms with van der Waals surface area (Å²) in [5.41, 5.74) is 0.884. The average molecular weight is 315 g/mol. The van der Waals surface area contributed by atoms with E-state index >= 15 is 0 Å². The van der Waals surface area contributed by atoms with Crippen LogP contribution in [-0.2, 0) is 9.59 Å². The molecule has 7 heteroatoms. The lowest BCUT2D eigenvalue weighted by molar-refractivity contribution is -0.126. The first-order valence-electron chi connectivity index (χ1n) is 7.72. The van der Waals surface area contributed by atoms with Crippen molar-refractivity contribution in [2.45, 2.75) is 6.42 Å². The van der Waals surface area contributed by atoms with Crippen molar-refractivity contribution in [3.8, 4) is 0 Å². The maximum Gasteiger partial charge on any atom is 0.229 e. The fraction of sp³-hybridized carbons (Fsp3) is 0.438. The summed E-state index contributed by atoms with van der Waals surface area (Å²) in [4.78, 5) is 28.1.